The van der Waals surface area contributed by atoms with Crippen molar-refractivity contribution in [1.82, 2.24) is 35.4 Å². The molecule has 4 heterocycles. The average molecular weight is 447 g/mol. The maximum absolute atomic E-state index is 12.5. The van der Waals surface area contributed by atoms with Crippen molar-refractivity contribution < 1.29 is 9.59 Å². The third kappa shape index (κ3) is 4.90. The van der Waals surface area contributed by atoms with Gasteiger partial charge in [0.2, 0.25) is 0 Å². The molecule has 0 radical (unpaired) electrons. The fourth-order valence-electron chi connectivity index (χ4n) is 3.34. The number of nitrogens with zero attached hydrogens (tertiary/aromatic N) is 4. The molecule has 0 spiro atoms. The summed E-state index contributed by atoms with van der Waals surface area (Å²) < 4.78 is 0. The van der Waals surface area contributed by atoms with Crippen LogP contribution in [0.15, 0.2) is 36.7 Å². The molecule has 0 aliphatic carbocycles. The van der Waals surface area contributed by atoms with Crippen LogP contribution in [0.2, 0.25) is 0 Å². The van der Waals surface area contributed by atoms with Crippen LogP contribution in [-0.2, 0) is 0 Å². The Morgan fingerprint density at radius 3 is 2.64 bits per heavy atom. The summed E-state index contributed by atoms with van der Waals surface area (Å²) in [6.07, 6.45) is 3.19. The van der Waals surface area contributed by atoms with Gasteiger partial charge in [-0.3, -0.25) is 19.7 Å². The molecule has 10 heteroatoms. The van der Waals surface area contributed by atoms with Crippen LogP contribution in [0, 0.1) is 13.8 Å². The van der Waals surface area contributed by atoms with E-state index in [0.29, 0.717) is 29.3 Å². The van der Waals surface area contributed by atoms with Crippen molar-refractivity contribution in [2.75, 3.05) is 32.5 Å². The van der Waals surface area contributed by atoms with Crippen LogP contribution in [0.5, 0.6) is 0 Å². The molecule has 10 nitrogen and oxygen atoms in total. The number of aromatic amines is 2. The molecule has 4 aromatic rings. The zero-order valence-corrected chi connectivity index (χ0v) is 19.0. The highest BCUT2D eigenvalue weighted by Crippen LogP contribution is 2.25. The van der Waals surface area contributed by atoms with Gasteiger partial charge in [0.05, 0.1) is 11.9 Å². The minimum atomic E-state index is -0.298. The molecule has 0 fully saturated rings. The normalized spacial score (nSPS) is 11.2. The van der Waals surface area contributed by atoms with Gasteiger partial charge < -0.3 is 20.5 Å². The average Bonchev–Trinajstić information content (AvgIpc) is 3.36. The van der Waals surface area contributed by atoms with Gasteiger partial charge in [-0.05, 0) is 52.2 Å². The first kappa shape index (κ1) is 22.2. The Labute approximate surface area is 190 Å². The molecule has 4 rings (SSSR count). The summed E-state index contributed by atoms with van der Waals surface area (Å²) >= 11 is 0. The molecule has 0 unspecified atom stereocenters. The van der Waals surface area contributed by atoms with Crippen molar-refractivity contribution in [2.24, 2.45) is 0 Å². The molecule has 4 N–H and O–H groups in total. The fraction of sp³-hybridized carbons (Fsp3) is 0.261. The number of amides is 2. The SMILES string of the molecule is Cc1[nH]nc(C(=O)Nc2cnc3[nH]c(-c4ccnc(C(=O)NCCN(C)C)c4)cc3c2)c1C. The van der Waals surface area contributed by atoms with Crippen LogP contribution in [0.4, 0.5) is 5.69 Å². The van der Waals surface area contributed by atoms with E-state index in [1.165, 1.54) is 0 Å². The highest BCUT2D eigenvalue weighted by atomic mass is 16.2. The van der Waals surface area contributed by atoms with Gasteiger partial charge >= 0.3 is 0 Å². The molecule has 0 saturated carbocycles. The molecule has 33 heavy (non-hydrogen) atoms. The van der Waals surface area contributed by atoms with Gasteiger partial charge in [0.15, 0.2) is 5.69 Å². The number of pyridine rings is 2. The van der Waals surface area contributed by atoms with E-state index in [2.05, 4.69) is 35.8 Å². The number of hydrogen-bond acceptors (Lipinski definition) is 6. The van der Waals surface area contributed by atoms with E-state index in [0.717, 1.165) is 34.4 Å². The number of nitrogens with one attached hydrogen (secondary N) is 4. The third-order valence-corrected chi connectivity index (χ3v) is 5.34. The van der Waals surface area contributed by atoms with E-state index in [1.54, 1.807) is 18.5 Å². The number of carbonyl (C=O) groups is 2. The number of likely N-dealkylation sites (N-methyl/N-ethyl adjacent to an activating group) is 1. The zero-order valence-electron chi connectivity index (χ0n) is 19.0. The molecule has 170 valence electrons. The lowest BCUT2D eigenvalue weighted by Crippen LogP contribution is -2.31. The van der Waals surface area contributed by atoms with Gasteiger partial charge in [-0.1, -0.05) is 0 Å². The molecule has 0 aliphatic rings. The lowest BCUT2D eigenvalue weighted by Gasteiger charge is -2.10. The summed E-state index contributed by atoms with van der Waals surface area (Å²) in [4.78, 5) is 38.8. The fourth-order valence-corrected chi connectivity index (χ4v) is 3.34. The molecule has 0 aromatic carbocycles. The van der Waals surface area contributed by atoms with Gasteiger partial charge in [0, 0.05) is 47.2 Å². The van der Waals surface area contributed by atoms with E-state index >= 15 is 0 Å². The first-order valence-electron chi connectivity index (χ1n) is 10.5. The number of H-pyrrole nitrogens is 2. The number of rotatable bonds is 7. The Kier molecular flexibility index (Phi) is 6.18. The van der Waals surface area contributed by atoms with E-state index in [-0.39, 0.29) is 11.8 Å². The topological polar surface area (TPSA) is 132 Å². The van der Waals surface area contributed by atoms with E-state index in [1.807, 2.05) is 51.0 Å². The summed E-state index contributed by atoms with van der Waals surface area (Å²) in [6, 6.07) is 7.32. The van der Waals surface area contributed by atoms with E-state index in [9.17, 15) is 9.59 Å². The second-order valence-corrected chi connectivity index (χ2v) is 8.11. The second kappa shape index (κ2) is 9.21. The number of anilines is 1. The Balaban J connectivity index is 1.52. The monoisotopic (exact) mass is 446 g/mol. The maximum atomic E-state index is 12.5. The molecule has 2 amide bonds. The molecule has 0 atom stereocenters. The quantitative estimate of drug-likeness (QED) is 0.345. The van der Waals surface area contributed by atoms with Gasteiger partial charge in [-0.25, -0.2) is 4.98 Å². The van der Waals surface area contributed by atoms with Crippen LogP contribution in [0.1, 0.15) is 32.2 Å². The highest BCUT2D eigenvalue weighted by Gasteiger charge is 2.16. The number of carbonyl (C=O) groups excluding carboxylic acids is 2. The summed E-state index contributed by atoms with van der Waals surface area (Å²) in [5, 5.41) is 13.4. The Hall–Kier alpha value is -4.05. The molecule has 0 aliphatic heterocycles. The number of aromatic nitrogens is 5. The first-order valence-corrected chi connectivity index (χ1v) is 10.5. The standard InChI is InChI=1S/C23H26N8O2/c1-13-14(2)29-30-20(13)23(33)27-17-9-16-11-18(28-21(16)26-12-17)15-5-6-24-19(10-15)22(32)25-7-8-31(3)4/h5-6,9-12H,7-8H2,1-4H3,(H,25,32)(H,26,28)(H,27,33)(H,29,30). The van der Waals surface area contributed by atoms with Crippen LogP contribution < -0.4 is 10.6 Å². The van der Waals surface area contributed by atoms with Crippen molar-refractivity contribution in [3.05, 3.63) is 59.3 Å². The van der Waals surface area contributed by atoms with E-state index < -0.39 is 0 Å². The van der Waals surface area contributed by atoms with Gasteiger partial charge in [0.1, 0.15) is 11.3 Å². The Bertz CT molecular complexity index is 1320. The molecular formula is C23H26N8O2. The van der Waals surface area contributed by atoms with Crippen molar-refractivity contribution in [2.45, 2.75) is 13.8 Å². The Morgan fingerprint density at radius 2 is 1.91 bits per heavy atom. The molecule has 0 bridgehead atoms. The number of hydrogen-bond donors (Lipinski definition) is 4. The number of aryl methyl sites for hydroxylation is 1. The van der Waals surface area contributed by atoms with Crippen LogP contribution in [0.3, 0.4) is 0 Å². The van der Waals surface area contributed by atoms with Gasteiger partial charge in [-0.2, -0.15) is 5.10 Å². The molecule has 4 aromatic heterocycles. The summed E-state index contributed by atoms with van der Waals surface area (Å²) in [5.41, 5.74) is 5.21. The highest BCUT2D eigenvalue weighted by molar-refractivity contribution is 6.04. The predicted molar refractivity (Wildman–Crippen MR) is 126 cm³/mol. The molecular weight excluding hydrogens is 420 g/mol. The lowest BCUT2D eigenvalue weighted by molar-refractivity contribution is 0.0945. The van der Waals surface area contributed by atoms with Crippen molar-refractivity contribution in [3.8, 4) is 11.3 Å². The first-order chi connectivity index (χ1) is 15.8. The summed E-state index contributed by atoms with van der Waals surface area (Å²) in [7, 11) is 3.90. The zero-order chi connectivity index (χ0) is 23.5. The predicted octanol–water partition coefficient (Wildman–Crippen LogP) is 2.51. The molecule has 0 saturated heterocycles. The van der Waals surface area contributed by atoms with Crippen LogP contribution in [0.25, 0.3) is 22.3 Å². The maximum Gasteiger partial charge on any atom is 0.276 e. The van der Waals surface area contributed by atoms with Gasteiger partial charge in [-0.15, -0.1) is 0 Å². The third-order valence-electron chi connectivity index (χ3n) is 5.34. The summed E-state index contributed by atoms with van der Waals surface area (Å²) in [6.45, 7) is 5.00. The van der Waals surface area contributed by atoms with Crippen molar-refractivity contribution in [3.63, 3.8) is 0 Å². The largest absolute Gasteiger partial charge is 0.349 e. The van der Waals surface area contributed by atoms with E-state index in [4.69, 9.17) is 0 Å². The van der Waals surface area contributed by atoms with Crippen LogP contribution >= 0.6 is 0 Å². The van der Waals surface area contributed by atoms with Crippen molar-refractivity contribution >= 4 is 28.5 Å². The van der Waals surface area contributed by atoms with Gasteiger partial charge in [0.25, 0.3) is 11.8 Å². The lowest BCUT2D eigenvalue weighted by atomic mass is 10.1. The van der Waals surface area contributed by atoms with Crippen LogP contribution in [-0.4, -0.2) is 69.0 Å². The number of fused-ring (bicyclic) bond motifs is 1. The van der Waals surface area contributed by atoms with Crippen molar-refractivity contribution in [1.29, 1.82) is 0 Å². The summed E-state index contributed by atoms with van der Waals surface area (Å²) in [5.74, 6) is -0.519. The smallest absolute Gasteiger partial charge is 0.276 e. The minimum absolute atomic E-state index is 0.221. The second-order valence-electron chi connectivity index (χ2n) is 8.11. The minimum Gasteiger partial charge on any atom is -0.349 e. The Morgan fingerprint density at radius 1 is 1.09 bits per heavy atom.